The first kappa shape index (κ1) is 21.4. The first-order valence-corrected chi connectivity index (χ1v) is 8.73. The first-order chi connectivity index (χ1) is 12.8. The summed E-state index contributed by atoms with van der Waals surface area (Å²) in [6.07, 6.45) is -10.4. The van der Waals surface area contributed by atoms with Gasteiger partial charge in [-0.25, -0.2) is 8.42 Å². The summed E-state index contributed by atoms with van der Waals surface area (Å²) >= 11 is 0. The van der Waals surface area contributed by atoms with Crippen LogP contribution in [0.1, 0.15) is 11.1 Å². The van der Waals surface area contributed by atoms with Gasteiger partial charge >= 0.3 is 12.4 Å². The molecule has 0 radical (unpaired) electrons. The predicted molar refractivity (Wildman–Crippen MR) is 84.8 cm³/mol. The third kappa shape index (κ3) is 5.29. The zero-order valence-corrected chi connectivity index (χ0v) is 14.4. The topological polar surface area (TPSA) is 79.2 Å². The Hall–Kier alpha value is -2.94. The van der Waals surface area contributed by atoms with Gasteiger partial charge in [0.15, 0.2) is 6.61 Å². The molecule has 0 unspecified atom stereocenters. The van der Waals surface area contributed by atoms with Gasteiger partial charge in [0, 0.05) is 5.69 Å². The minimum Gasteiger partial charge on any atom is -0.479 e. The summed E-state index contributed by atoms with van der Waals surface area (Å²) in [6, 6.07) is 6.64. The quantitative estimate of drug-likeness (QED) is 0.721. The van der Waals surface area contributed by atoms with Crippen LogP contribution >= 0.6 is 0 Å². The molecule has 0 saturated heterocycles. The van der Waals surface area contributed by atoms with Crippen molar-refractivity contribution in [3.05, 3.63) is 53.6 Å². The van der Waals surface area contributed by atoms with Crippen molar-refractivity contribution >= 4 is 15.7 Å². The molecule has 150 valence electrons. The van der Waals surface area contributed by atoms with Crippen LogP contribution in [0, 0.1) is 11.3 Å². The van der Waals surface area contributed by atoms with Crippen LogP contribution in [0.25, 0.3) is 0 Å². The number of anilines is 1. The van der Waals surface area contributed by atoms with Crippen LogP contribution in [0.4, 0.5) is 32.0 Å². The average molecular weight is 424 g/mol. The molecule has 12 heteroatoms. The number of hydrogen-bond donors (Lipinski definition) is 1. The van der Waals surface area contributed by atoms with Crippen LogP contribution in [-0.4, -0.2) is 15.0 Å². The average Bonchev–Trinajstić information content (AvgIpc) is 2.59. The number of alkyl halides is 6. The number of benzene rings is 2. The Morgan fingerprint density at radius 2 is 1.43 bits per heavy atom. The van der Waals surface area contributed by atoms with Gasteiger partial charge < -0.3 is 4.74 Å². The zero-order chi connectivity index (χ0) is 21.2. The molecule has 1 N–H and O–H groups in total. The van der Waals surface area contributed by atoms with Gasteiger partial charge in [0.1, 0.15) is 11.8 Å². The van der Waals surface area contributed by atoms with Crippen molar-refractivity contribution in [1.82, 2.24) is 0 Å². The van der Waals surface area contributed by atoms with E-state index in [1.165, 1.54) is 24.3 Å². The second-order valence-corrected chi connectivity index (χ2v) is 7.00. The van der Waals surface area contributed by atoms with Gasteiger partial charge in [-0.2, -0.15) is 31.6 Å². The molecule has 0 atom stereocenters. The van der Waals surface area contributed by atoms with Crippen LogP contribution in [0.5, 0.6) is 5.75 Å². The summed E-state index contributed by atoms with van der Waals surface area (Å²) in [5, 5.41) is 8.39. The number of nitrogens with zero attached hydrogens (tertiary/aromatic N) is 1. The second kappa shape index (κ2) is 7.59. The van der Waals surface area contributed by atoms with Crippen LogP contribution in [0.15, 0.2) is 47.4 Å². The summed E-state index contributed by atoms with van der Waals surface area (Å²) < 4.78 is 109. The molecule has 0 aliphatic carbocycles. The van der Waals surface area contributed by atoms with Gasteiger partial charge in [-0.15, -0.1) is 0 Å². The molecule has 0 bridgehead atoms. The number of hydrogen-bond acceptors (Lipinski definition) is 4. The normalized spacial score (nSPS) is 12.3. The summed E-state index contributed by atoms with van der Waals surface area (Å²) in [4.78, 5) is -1.19. The van der Waals surface area contributed by atoms with E-state index in [-0.39, 0.29) is 36.2 Å². The highest BCUT2D eigenvalue weighted by molar-refractivity contribution is 7.92. The standard InChI is InChI=1S/C16H10F6N2O3S/c17-15(18,19)10-7-11(16(20,21)22)9-14(8-10)28(25,26)24-12-1-3-13(4-2-12)27-6-5-23/h1-4,7-9,24H,6H2. The second-order valence-electron chi connectivity index (χ2n) is 5.32. The molecule has 2 aromatic rings. The maximum Gasteiger partial charge on any atom is 0.416 e. The summed E-state index contributed by atoms with van der Waals surface area (Å²) in [6.45, 7) is -0.268. The lowest BCUT2D eigenvalue weighted by Gasteiger charge is -2.15. The minimum atomic E-state index is -5.18. The number of nitrogens with one attached hydrogen (secondary N) is 1. The minimum absolute atomic E-state index is 0.113. The van der Waals surface area contributed by atoms with Crippen molar-refractivity contribution in [2.24, 2.45) is 0 Å². The number of sulfonamides is 1. The molecule has 0 aromatic heterocycles. The molecule has 28 heavy (non-hydrogen) atoms. The van der Waals surface area contributed by atoms with Crippen molar-refractivity contribution in [2.45, 2.75) is 17.2 Å². The molecule has 0 saturated carbocycles. The Morgan fingerprint density at radius 1 is 0.929 bits per heavy atom. The molecule has 0 heterocycles. The number of nitriles is 1. The van der Waals surface area contributed by atoms with E-state index < -0.39 is 38.4 Å². The maximum absolute atomic E-state index is 12.9. The Bertz CT molecular complexity index is 961. The molecule has 0 spiro atoms. The fourth-order valence-electron chi connectivity index (χ4n) is 2.03. The highest BCUT2D eigenvalue weighted by Crippen LogP contribution is 2.37. The van der Waals surface area contributed by atoms with Crippen molar-refractivity contribution in [2.75, 3.05) is 11.3 Å². The molecule has 2 aromatic carbocycles. The van der Waals surface area contributed by atoms with Crippen molar-refractivity contribution in [3.8, 4) is 11.8 Å². The molecule has 0 amide bonds. The number of ether oxygens (including phenoxy) is 1. The maximum atomic E-state index is 12.9. The Kier molecular flexibility index (Phi) is 5.79. The third-order valence-corrected chi connectivity index (χ3v) is 4.64. The molecule has 0 aliphatic heterocycles. The number of rotatable bonds is 5. The Balaban J connectivity index is 2.40. The zero-order valence-electron chi connectivity index (χ0n) is 13.6. The monoisotopic (exact) mass is 424 g/mol. The van der Waals surface area contributed by atoms with E-state index in [1.807, 2.05) is 4.72 Å². The van der Waals surface area contributed by atoms with Crippen LogP contribution in [0.2, 0.25) is 0 Å². The SMILES string of the molecule is N#CCOc1ccc(NS(=O)(=O)c2cc(C(F)(F)F)cc(C(F)(F)F)c2)cc1. The molecular weight excluding hydrogens is 414 g/mol. The van der Waals surface area contributed by atoms with Gasteiger partial charge in [-0.1, -0.05) is 0 Å². The fraction of sp³-hybridized carbons (Fsp3) is 0.188. The highest BCUT2D eigenvalue weighted by Gasteiger charge is 2.38. The lowest BCUT2D eigenvalue weighted by atomic mass is 10.1. The van der Waals surface area contributed by atoms with Crippen LogP contribution in [-0.2, 0) is 22.4 Å². The molecular formula is C16H10F6N2O3S. The van der Waals surface area contributed by atoms with Gasteiger partial charge in [0.2, 0.25) is 0 Å². The van der Waals surface area contributed by atoms with Crippen LogP contribution < -0.4 is 9.46 Å². The smallest absolute Gasteiger partial charge is 0.416 e. The van der Waals surface area contributed by atoms with E-state index in [9.17, 15) is 34.8 Å². The third-order valence-electron chi connectivity index (χ3n) is 3.28. The molecule has 5 nitrogen and oxygen atoms in total. The van der Waals surface area contributed by atoms with E-state index in [1.54, 1.807) is 6.07 Å². The molecule has 0 fully saturated rings. The number of halogens is 6. The lowest BCUT2D eigenvalue weighted by molar-refractivity contribution is -0.143. The molecule has 0 aliphatic rings. The lowest BCUT2D eigenvalue weighted by Crippen LogP contribution is -2.17. The van der Waals surface area contributed by atoms with E-state index in [2.05, 4.69) is 0 Å². The van der Waals surface area contributed by atoms with Crippen LogP contribution in [0.3, 0.4) is 0 Å². The van der Waals surface area contributed by atoms with E-state index >= 15 is 0 Å². The summed E-state index contributed by atoms with van der Waals surface area (Å²) in [7, 11) is -4.75. The highest BCUT2D eigenvalue weighted by atomic mass is 32.2. The Labute approximate surface area is 155 Å². The van der Waals surface area contributed by atoms with Gasteiger partial charge in [-0.05, 0) is 42.5 Å². The van der Waals surface area contributed by atoms with Gasteiger partial charge in [0.05, 0.1) is 16.0 Å². The van der Waals surface area contributed by atoms with Crippen molar-refractivity contribution in [3.63, 3.8) is 0 Å². The van der Waals surface area contributed by atoms with Crippen molar-refractivity contribution < 1.29 is 39.5 Å². The molecule has 2 rings (SSSR count). The summed E-state index contributed by atoms with van der Waals surface area (Å²) in [5.41, 5.74) is -3.62. The largest absolute Gasteiger partial charge is 0.479 e. The Morgan fingerprint density at radius 3 is 1.86 bits per heavy atom. The van der Waals surface area contributed by atoms with E-state index in [0.29, 0.717) is 0 Å². The van der Waals surface area contributed by atoms with E-state index in [0.717, 1.165) is 0 Å². The first-order valence-electron chi connectivity index (χ1n) is 7.25. The van der Waals surface area contributed by atoms with Gasteiger partial charge in [0.25, 0.3) is 10.0 Å². The van der Waals surface area contributed by atoms with Crippen molar-refractivity contribution in [1.29, 1.82) is 5.26 Å². The predicted octanol–water partition coefficient (Wildman–Crippen LogP) is 4.43. The van der Waals surface area contributed by atoms with Gasteiger partial charge in [-0.3, -0.25) is 4.72 Å². The fourth-order valence-corrected chi connectivity index (χ4v) is 3.16. The summed E-state index contributed by atoms with van der Waals surface area (Å²) in [5.74, 6) is 0.211. The van der Waals surface area contributed by atoms with E-state index in [4.69, 9.17) is 10.00 Å².